The number of rotatable bonds is 17. The van der Waals surface area contributed by atoms with Crippen LogP contribution in [-0.2, 0) is 23.7 Å². The highest BCUT2D eigenvalue weighted by atomic mass is 32.2. The van der Waals surface area contributed by atoms with E-state index in [9.17, 15) is 4.79 Å². The van der Waals surface area contributed by atoms with Crippen LogP contribution >= 0.6 is 11.8 Å². The van der Waals surface area contributed by atoms with Gasteiger partial charge in [-0.1, -0.05) is 34.1 Å². The smallest absolute Gasteiger partial charge is 0.230 e. The molecule has 0 aliphatic carbocycles. The van der Waals surface area contributed by atoms with Crippen molar-refractivity contribution in [1.82, 2.24) is 5.32 Å². The molecule has 0 saturated heterocycles. The average Bonchev–Trinajstić information content (AvgIpc) is 2.56. The summed E-state index contributed by atoms with van der Waals surface area (Å²) in [6.45, 7) is 13.7. The van der Waals surface area contributed by atoms with Gasteiger partial charge in [-0.25, -0.2) is 0 Å². The van der Waals surface area contributed by atoms with E-state index in [2.05, 4.69) is 33.0 Å². The molecule has 0 unspecified atom stereocenters. The molecule has 1 N–H and O–H groups in total. The van der Waals surface area contributed by atoms with Crippen molar-refractivity contribution >= 4 is 17.7 Å². The van der Waals surface area contributed by atoms with Crippen molar-refractivity contribution < 1.29 is 23.7 Å². The zero-order valence-corrected chi connectivity index (χ0v) is 17.3. The van der Waals surface area contributed by atoms with Gasteiger partial charge in [0.25, 0.3) is 0 Å². The maximum atomic E-state index is 11.6. The Hall–Kier alpha value is -0.340. The van der Waals surface area contributed by atoms with Gasteiger partial charge in [0, 0.05) is 17.9 Å². The summed E-state index contributed by atoms with van der Waals surface area (Å²) in [4.78, 5) is 11.6. The van der Waals surface area contributed by atoms with Crippen molar-refractivity contribution in [2.75, 3.05) is 65.2 Å². The standard InChI is InChI=1S/C18H37NO5S/c1-5-6-8-21-10-12-23-14-15-24-13-11-22-9-7-19-17(20)16-25-18(2,3)4/h5-16H2,1-4H3,(H,19,20). The molecule has 0 atom stereocenters. The molecule has 0 aliphatic rings. The van der Waals surface area contributed by atoms with Crippen LogP contribution in [0.1, 0.15) is 40.5 Å². The van der Waals surface area contributed by atoms with Crippen molar-refractivity contribution in [1.29, 1.82) is 0 Å². The fourth-order valence-corrected chi connectivity index (χ4v) is 2.27. The third-order valence-electron chi connectivity index (χ3n) is 2.96. The van der Waals surface area contributed by atoms with Crippen molar-refractivity contribution in [3.05, 3.63) is 0 Å². The summed E-state index contributed by atoms with van der Waals surface area (Å²) in [5.41, 5.74) is 0. The van der Waals surface area contributed by atoms with E-state index in [0.29, 0.717) is 58.5 Å². The number of carbonyl (C=O) groups is 1. The number of carbonyl (C=O) groups excluding carboxylic acids is 1. The molecule has 0 saturated carbocycles. The average molecular weight is 380 g/mol. The first kappa shape index (κ1) is 24.7. The molecule has 6 nitrogen and oxygen atoms in total. The van der Waals surface area contributed by atoms with Crippen LogP contribution in [0.3, 0.4) is 0 Å². The van der Waals surface area contributed by atoms with Crippen LogP contribution in [-0.4, -0.2) is 75.8 Å². The molecule has 150 valence electrons. The van der Waals surface area contributed by atoms with Gasteiger partial charge in [0.2, 0.25) is 5.91 Å². The van der Waals surface area contributed by atoms with Crippen LogP contribution in [0.5, 0.6) is 0 Å². The highest BCUT2D eigenvalue weighted by Crippen LogP contribution is 2.22. The quantitative estimate of drug-likeness (QED) is 0.392. The maximum Gasteiger partial charge on any atom is 0.230 e. The predicted molar refractivity (Wildman–Crippen MR) is 103 cm³/mol. The number of nitrogens with one attached hydrogen (secondary N) is 1. The summed E-state index contributed by atoms with van der Waals surface area (Å²) in [6.07, 6.45) is 2.25. The molecule has 1 amide bonds. The van der Waals surface area contributed by atoms with Crippen molar-refractivity contribution in [2.45, 2.75) is 45.3 Å². The first-order chi connectivity index (χ1) is 12.0. The number of hydrogen-bond acceptors (Lipinski definition) is 6. The van der Waals surface area contributed by atoms with Gasteiger partial charge in [-0.2, -0.15) is 0 Å². The Balaban J connectivity index is 3.15. The number of unbranched alkanes of at least 4 members (excludes halogenated alkanes) is 1. The molecule has 0 aromatic carbocycles. The lowest BCUT2D eigenvalue weighted by Crippen LogP contribution is -2.30. The fraction of sp³-hybridized carbons (Fsp3) is 0.944. The summed E-state index contributed by atoms with van der Waals surface area (Å²) in [5.74, 6) is 0.534. The van der Waals surface area contributed by atoms with Gasteiger partial charge in [0.15, 0.2) is 0 Å². The molecule has 0 aromatic heterocycles. The van der Waals surface area contributed by atoms with E-state index in [4.69, 9.17) is 18.9 Å². The summed E-state index contributed by atoms with van der Waals surface area (Å²) in [5, 5.41) is 2.84. The summed E-state index contributed by atoms with van der Waals surface area (Å²) >= 11 is 1.64. The van der Waals surface area contributed by atoms with Crippen LogP contribution in [0.25, 0.3) is 0 Å². The molecule has 0 bridgehead atoms. The SMILES string of the molecule is CCCCOCCOCCOCCOCCNC(=O)CSC(C)(C)C. The molecule has 0 aliphatic heterocycles. The van der Waals surface area contributed by atoms with E-state index < -0.39 is 0 Å². The van der Waals surface area contributed by atoms with Crippen LogP contribution in [0.4, 0.5) is 0 Å². The monoisotopic (exact) mass is 379 g/mol. The molecule has 0 aromatic rings. The topological polar surface area (TPSA) is 66.0 Å². The second-order valence-electron chi connectivity index (χ2n) is 6.55. The van der Waals surface area contributed by atoms with Gasteiger partial charge in [-0.3, -0.25) is 4.79 Å². The van der Waals surface area contributed by atoms with Gasteiger partial charge >= 0.3 is 0 Å². The molecular weight excluding hydrogens is 342 g/mol. The third-order valence-corrected chi connectivity index (χ3v) is 4.24. The molecule has 0 rings (SSSR count). The van der Waals surface area contributed by atoms with Gasteiger partial charge in [-0.15, -0.1) is 11.8 Å². The van der Waals surface area contributed by atoms with Crippen LogP contribution in [0.15, 0.2) is 0 Å². The first-order valence-electron chi connectivity index (χ1n) is 9.17. The molecule has 0 spiro atoms. The molecule has 0 heterocycles. The Morgan fingerprint density at radius 2 is 1.32 bits per heavy atom. The normalized spacial score (nSPS) is 11.7. The molecule has 0 fully saturated rings. The van der Waals surface area contributed by atoms with Crippen LogP contribution < -0.4 is 5.32 Å². The molecule has 7 heteroatoms. The van der Waals surface area contributed by atoms with E-state index in [-0.39, 0.29) is 10.7 Å². The van der Waals surface area contributed by atoms with Crippen LogP contribution in [0, 0.1) is 0 Å². The Labute approximate surface area is 157 Å². The van der Waals surface area contributed by atoms with Gasteiger partial charge < -0.3 is 24.3 Å². The zero-order valence-electron chi connectivity index (χ0n) is 16.4. The lowest BCUT2D eigenvalue weighted by Gasteiger charge is -2.16. The van der Waals surface area contributed by atoms with Gasteiger partial charge in [0.1, 0.15) is 0 Å². The van der Waals surface area contributed by atoms with Crippen molar-refractivity contribution in [2.24, 2.45) is 0 Å². The summed E-state index contributed by atoms with van der Waals surface area (Å²) in [7, 11) is 0. The van der Waals surface area contributed by atoms with E-state index in [1.165, 1.54) is 0 Å². The zero-order chi connectivity index (χ0) is 18.8. The largest absolute Gasteiger partial charge is 0.379 e. The highest BCUT2D eigenvalue weighted by Gasteiger charge is 2.12. The molecular formula is C18H37NO5S. The Morgan fingerprint density at radius 1 is 0.840 bits per heavy atom. The number of thioether (sulfide) groups is 1. The van der Waals surface area contributed by atoms with E-state index in [0.717, 1.165) is 19.4 Å². The highest BCUT2D eigenvalue weighted by molar-refractivity contribution is 8.01. The third kappa shape index (κ3) is 21.6. The van der Waals surface area contributed by atoms with Gasteiger partial charge in [-0.05, 0) is 6.42 Å². The maximum absolute atomic E-state index is 11.6. The Morgan fingerprint density at radius 3 is 1.80 bits per heavy atom. The fourth-order valence-electron chi connectivity index (χ4n) is 1.60. The van der Waals surface area contributed by atoms with Crippen molar-refractivity contribution in [3.63, 3.8) is 0 Å². The van der Waals surface area contributed by atoms with Crippen LogP contribution in [0.2, 0.25) is 0 Å². The molecule has 25 heavy (non-hydrogen) atoms. The molecule has 0 radical (unpaired) electrons. The van der Waals surface area contributed by atoms with E-state index in [1.54, 1.807) is 11.8 Å². The minimum absolute atomic E-state index is 0.0515. The lowest BCUT2D eigenvalue weighted by molar-refractivity contribution is -0.118. The first-order valence-corrected chi connectivity index (χ1v) is 10.2. The number of ether oxygens (including phenoxy) is 4. The Bertz CT molecular complexity index is 310. The predicted octanol–water partition coefficient (Wildman–Crippen LogP) is 2.50. The lowest BCUT2D eigenvalue weighted by atomic mass is 10.3. The summed E-state index contributed by atoms with van der Waals surface area (Å²) in [6, 6.07) is 0. The summed E-state index contributed by atoms with van der Waals surface area (Å²) < 4.78 is 21.7. The minimum atomic E-state index is 0.0515. The van der Waals surface area contributed by atoms with E-state index in [1.807, 2.05) is 0 Å². The minimum Gasteiger partial charge on any atom is -0.379 e. The van der Waals surface area contributed by atoms with E-state index >= 15 is 0 Å². The number of amides is 1. The second-order valence-corrected chi connectivity index (χ2v) is 8.36. The second kappa shape index (κ2) is 17.1. The van der Waals surface area contributed by atoms with Crippen molar-refractivity contribution in [3.8, 4) is 0 Å². The number of hydrogen-bond donors (Lipinski definition) is 1. The Kier molecular flexibility index (Phi) is 16.9. The van der Waals surface area contributed by atoms with Gasteiger partial charge in [0.05, 0.1) is 52.0 Å².